The van der Waals surface area contributed by atoms with Crippen molar-refractivity contribution in [3.63, 3.8) is 0 Å². The van der Waals surface area contributed by atoms with Gasteiger partial charge in [-0.2, -0.15) is 0 Å². The van der Waals surface area contributed by atoms with Gasteiger partial charge in [-0.1, -0.05) is 13.8 Å². The van der Waals surface area contributed by atoms with Crippen molar-refractivity contribution in [1.82, 2.24) is 4.90 Å². The summed E-state index contributed by atoms with van der Waals surface area (Å²) in [7, 11) is 0. The highest BCUT2D eigenvalue weighted by molar-refractivity contribution is 5.82. The van der Waals surface area contributed by atoms with Crippen molar-refractivity contribution in [2.24, 2.45) is 17.6 Å². The first kappa shape index (κ1) is 12.5. The number of carbonyl (C=O) groups is 1. The van der Waals surface area contributed by atoms with Gasteiger partial charge in [-0.15, -0.1) is 0 Å². The molecule has 0 aromatic carbocycles. The SMILES string of the molecule is CC(C)[C@H](N)C(=O)N1CCC(CCO)C1. The first-order valence-electron chi connectivity index (χ1n) is 5.71. The molecule has 2 atom stereocenters. The summed E-state index contributed by atoms with van der Waals surface area (Å²) in [5.41, 5.74) is 5.82. The Morgan fingerprint density at radius 1 is 1.60 bits per heavy atom. The van der Waals surface area contributed by atoms with Crippen molar-refractivity contribution in [2.75, 3.05) is 19.7 Å². The Balaban J connectivity index is 2.43. The molecule has 0 saturated carbocycles. The maximum absolute atomic E-state index is 11.9. The van der Waals surface area contributed by atoms with Gasteiger partial charge in [0.25, 0.3) is 0 Å². The van der Waals surface area contributed by atoms with Crippen molar-refractivity contribution in [3.05, 3.63) is 0 Å². The van der Waals surface area contributed by atoms with Crippen LogP contribution in [-0.4, -0.2) is 41.7 Å². The molecule has 0 aliphatic carbocycles. The minimum Gasteiger partial charge on any atom is -0.396 e. The molecule has 4 nitrogen and oxygen atoms in total. The number of carbonyl (C=O) groups excluding carboxylic acids is 1. The quantitative estimate of drug-likeness (QED) is 0.702. The third kappa shape index (κ3) is 3.18. The number of hydrogen-bond donors (Lipinski definition) is 2. The second-order valence-electron chi connectivity index (χ2n) is 4.72. The molecule has 1 fully saturated rings. The van der Waals surface area contributed by atoms with Crippen molar-refractivity contribution in [1.29, 1.82) is 0 Å². The summed E-state index contributed by atoms with van der Waals surface area (Å²) in [6.07, 6.45) is 1.79. The first-order chi connectivity index (χ1) is 7.06. The lowest BCUT2D eigenvalue weighted by atomic mass is 10.0. The van der Waals surface area contributed by atoms with Crippen LogP contribution in [0.4, 0.5) is 0 Å². The Kier molecular flexibility index (Phi) is 4.54. The highest BCUT2D eigenvalue weighted by atomic mass is 16.3. The van der Waals surface area contributed by atoms with Crippen LogP contribution in [0.1, 0.15) is 26.7 Å². The maximum Gasteiger partial charge on any atom is 0.239 e. The summed E-state index contributed by atoms with van der Waals surface area (Å²) in [6, 6.07) is -0.377. The van der Waals surface area contributed by atoms with Crippen LogP contribution >= 0.6 is 0 Å². The van der Waals surface area contributed by atoms with Gasteiger partial charge in [0.15, 0.2) is 0 Å². The maximum atomic E-state index is 11.9. The number of nitrogens with two attached hydrogens (primary N) is 1. The van der Waals surface area contributed by atoms with E-state index in [2.05, 4.69) is 0 Å². The molecule has 1 aliphatic rings. The smallest absolute Gasteiger partial charge is 0.239 e. The topological polar surface area (TPSA) is 66.6 Å². The van der Waals surface area contributed by atoms with E-state index in [4.69, 9.17) is 10.8 Å². The van der Waals surface area contributed by atoms with Gasteiger partial charge < -0.3 is 15.7 Å². The number of nitrogens with zero attached hydrogens (tertiary/aromatic N) is 1. The van der Waals surface area contributed by atoms with Crippen LogP contribution in [0.5, 0.6) is 0 Å². The van der Waals surface area contributed by atoms with Crippen molar-refractivity contribution in [3.8, 4) is 0 Å². The van der Waals surface area contributed by atoms with Gasteiger partial charge in [-0.25, -0.2) is 0 Å². The van der Waals surface area contributed by atoms with E-state index in [-0.39, 0.29) is 24.5 Å². The molecule has 4 heteroatoms. The van der Waals surface area contributed by atoms with Gasteiger partial charge in [0.1, 0.15) is 0 Å². The van der Waals surface area contributed by atoms with E-state index in [1.54, 1.807) is 0 Å². The number of amides is 1. The lowest BCUT2D eigenvalue weighted by Crippen LogP contribution is -2.45. The zero-order valence-electron chi connectivity index (χ0n) is 9.65. The molecule has 15 heavy (non-hydrogen) atoms. The highest BCUT2D eigenvalue weighted by Crippen LogP contribution is 2.20. The van der Waals surface area contributed by atoms with Crippen LogP contribution in [0.2, 0.25) is 0 Å². The van der Waals surface area contributed by atoms with Crippen molar-refractivity contribution in [2.45, 2.75) is 32.7 Å². The molecule has 3 N–H and O–H groups in total. The zero-order valence-corrected chi connectivity index (χ0v) is 9.65. The van der Waals surface area contributed by atoms with E-state index in [9.17, 15) is 4.79 Å². The third-order valence-electron chi connectivity index (χ3n) is 3.14. The second-order valence-corrected chi connectivity index (χ2v) is 4.72. The molecular weight excluding hydrogens is 192 g/mol. The number of hydrogen-bond acceptors (Lipinski definition) is 3. The van der Waals surface area contributed by atoms with Crippen LogP contribution in [0, 0.1) is 11.8 Å². The van der Waals surface area contributed by atoms with E-state index in [1.165, 1.54) is 0 Å². The Bertz CT molecular complexity index is 219. The first-order valence-corrected chi connectivity index (χ1v) is 5.71. The highest BCUT2D eigenvalue weighted by Gasteiger charge is 2.29. The largest absolute Gasteiger partial charge is 0.396 e. The minimum absolute atomic E-state index is 0.0606. The van der Waals surface area contributed by atoms with Gasteiger partial charge in [-0.3, -0.25) is 4.79 Å². The predicted octanol–water partition coefficient (Wildman–Crippen LogP) is 0.201. The van der Waals surface area contributed by atoms with E-state index in [0.717, 1.165) is 25.9 Å². The Hall–Kier alpha value is -0.610. The van der Waals surface area contributed by atoms with Crippen LogP contribution in [0.25, 0.3) is 0 Å². The second kappa shape index (κ2) is 5.47. The van der Waals surface area contributed by atoms with E-state index in [0.29, 0.717) is 5.92 Å². The zero-order chi connectivity index (χ0) is 11.4. The van der Waals surface area contributed by atoms with Crippen LogP contribution < -0.4 is 5.73 Å². The summed E-state index contributed by atoms with van der Waals surface area (Å²) in [6.45, 7) is 5.69. The monoisotopic (exact) mass is 214 g/mol. The molecule has 0 radical (unpaired) electrons. The molecule has 0 spiro atoms. The van der Waals surface area contributed by atoms with E-state index < -0.39 is 0 Å². The molecule has 1 aliphatic heterocycles. The van der Waals surface area contributed by atoms with Gasteiger partial charge in [0, 0.05) is 19.7 Å². The standard InChI is InChI=1S/C11H22N2O2/c1-8(2)10(12)11(15)13-5-3-9(7-13)4-6-14/h8-10,14H,3-7,12H2,1-2H3/t9?,10-/m0/s1. The summed E-state index contributed by atoms with van der Waals surface area (Å²) in [5, 5.41) is 8.82. The molecule has 1 unspecified atom stereocenters. The molecular formula is C11H22N2O2. The third-order valence-corrected chi connectivity index (χ3v) is 3.14. The Labute approximate surface area is 91.4 Å². The molecule has 0 bridgehead atoms. The molecule has 1 amide bonds. The van der Waals surface area contributed by atoms with Crippen LogP contribution in [-0.2, 0) is 4.79 Å². The van der Waals surface area contributed by atoms with Crippen LogP contribution in [0.3, 0.4) is 0 Å². The summed E-state index contributed by atoms with van der Waals surface area (Å²) in [5.74, 6) is 0.707. The van der Waals surface area contributed by atoms with Crippen molar-refractivity contribution < 1.29 is 9.90 Å². The lowest BCUT2D eigenvalue weighted by molar-refractivity contribution is -0.132. The van der Waals surface area contributed by atoms with Gasteiger partial charge in [0.05, 0.1) is 6.04 Å². The normalized spacial score (nSPS) is 23.5. The number of rotatable bonds is 4. The fraction of sp³-hybridized carbons (Fsp3) is 0.909. The average molecular weight is 214 g/mol. The molecule has 1 saturated heterocycles. The fourth-order valence-corrected chi connectivity index (χ4v) is 1.95. The van der Waals surface area contributed by atoms with E-state index >= 15 is 0 Å². The Morgan fingerprint density at radius 3 is 2.80 bits per heavy atom. The molecule has 0 aromatic heterocycles. The van der Waals surface area contributed by atoms with Crippen molar-refractivity contribution >= 4 is 5.91 Å². The molecule has 0 aromatic rings. The summed E-state index contributed by atoms with van der Waals surface area (Å²) < 4.78 is 0. The molecule has 88 valence electrons. The number of likely N-dealkylation sites (tertiary alicyclic amines) is 1. The summed E-state index contributed by atoms with van der Waals surface area (Å²) in [4.78, 5) is 13.7. The molecule has 1 heterocycles. The number of aliphatic hydroxyl groups is 1. The van der Waals surface area contributed by atoms with Crippen LogP contribution in [0.15, 0.2) is 0 Å². The lowest BCUT2D eigenvalue weighted by Gasteiger charge is -2.23. The van der Waals surface area contributed by atoms with Gasteiger partial charge in [-0.05, 0) is 24.7 Å². The summed E-state index contributed by atoms with van der Waals surface area (Å²) >= 11 is 0. The van der Waals surface area contributed by atoms with Gasteiger partial charge >= 0.3 is 0 Å². The minimum atomic E-state index is -0.377. The Morgan fingerprint density at radius 2 is 2.27 bits per heavy atom. The van der Waals surface area contributed by atoms with E-state index in [1.807, 2.05) is 18.7 Å². The predicted molar refractivity (Wildman–Crippen MR) is 59.2 cm³/mol. The number of aliphatic hydroxyl groups excluding tert-OH is 1. The average Bonchev–Trinajstić information content (AvgIpc) is 2.64. The fourth-order valence-electron chi connectivity index (χ4n) is 1.95. The molecule has 1 rings (SSSR count). The van der Waals surface area contributed by atoms with Gasteiger partial charge in [0.2, 0.25) is 5.91 Å².